The maximum atomic E-state index is 11.8. The number of carbonyl (C=O) groups excluding carboxylic acids is 1. The molecule has 3 heteroatoms. The van der Waals surface area contributed by atoms with E-state index in [2.05, 4.69) is 39.0 Å². The Morgan fingerprint density at radius 2 is 1.79 bits per heavy atom. The molecule has 102 valence electrons. The van der Waals surface area contributed by atoms with Crippen molar-refractivity contribution in [3.8, 4) is 6.07 Å². The largest absolute Gasteiger partial charge is 0.348 e. The van der Waals surface area contributed by atoms with Crippen LogP contribution in [0.3, 0.4) is 0 Å². The molecule has 0 saturated carbocycles. The van der Waals surface area contributed by atoms with Gasteiger partial charge in [-0.15, -0.1) is 0 Å². The Bertz CT molecular complexity index is 475. The molecular weight excluding hydrogens is 236 g/mol. The molecular formula is C16H22N2O. The topological polar surface area (TPSA) is 44.1 Å². The quantitative estimate of drug-likeness (QED) is 0.836. The predicted molar refractivity (Wildman–Crippen MR) is 76.6 cm³/mol. The van der Waals surface area contributed by atoms with Crippen LogP contribution in [0.5, 0.6) is 0 Å². The average molecular weight is 258 g/mol. The summed E-state index contributed by atoms with van der Waals surface area (Å²) in [5.41, 5.74) is 2.39. The van der Waals surface area contributed by atoms with Gasteiger partial charge in [0.15, 0.2) is 0 Å². The summed E-state index contributed by atoms with van der Waals surface area (Å²) < 4.78 is 0. The van der Waals surface area contributed by atoms with Crippen molar-refractivity contribution in [1.29, 1.82) is 5.26 Å². The third kappa shape index (κ3) is 4.10. The highest BCUT2D eigenvalue weighted by molar-refractivity contribution is 5.81. The van der Waals surface area contributed by atoms with Gasteiger partial charge in [0.2, 0.25) is 5.91 Å². The van der Waals surface area contributed by atoms with E-state index in [-0.39, 0.29) is 11.3 Å². The first-order chi connectivity index (χ1) is 8.75. The van der Waals surface area contributed by atoms with Crippen LogP contribution in [0.25, 0.3) is 0 Å². The molecule has 3 nitrogen and oxygen atoms in total. The van der Waals surface area contributed by atoms with Gasteiger partial charge in [0.25, 0.3) is 0 Å². The van der Waals surface area contributed by atoms with Crippen LogP contribution >= 0.6 is 0 Å². The summed E-state index contributed by atoms with van der Waals surface area (Å²) in [5, 5.41) is 9.09. The third-order valence-corrected chi connectivity index (χ3v) is 3.15. The van der Waals surface area contributed by atoms with Crippen LogP contribution in [0.2, 0.25) is 0 Å². The number of amides is 1. The molecule has 0 fully saturated rings. The van der Waals surface area contributed by atoms with Crippen molar-refractivity contribution in [3.63, 3.8) is 0 Å². The summed E-state index contributed by atoms with van der Waals surface area (Å²) in [7, 11) is 3.35. The Labute approximate surface area is 115 Å². The summed E-state index contributed by atoms with van der Waals surface area (Å²) in [6.07, 6.45) is 0.470. The van der Waals surface area contributed by atoms with E-state index < -0.39 is 5.92 Å². The molecule has 0 spiro atoms. The second-order valence-electron chi connectivity index (χ2n) is 6.07. The maximum Gasteiger partial charge on any atom is 0.239 e. The monoisotopic (exact) mass is 258 g/mol. The van der Waals surface area contributed by atoms with Gasteiger partial charge in [-0.05, 0) is 23.0 Å². The first-order valence-corrected chi connectivity index (χ1v) is 6.46. The zero-order chi connectivity index (χ0) is 14.6. The molecule has 1 amide bonds. The van der Waals surface area contributed by atoms with Crippen molar-refractivity contribution in [1.82, 2.24) is 4.90 Å². The van der Waals surface area contributed by atoms with E-state index in [0.29, 0.717) is 6.42 Å². The Balaban J connectivity index is 2.83. The molecule has 0 radical (unpaired) electrons. The van der Waals surface area contributed by atoms with Crippen molar-refractivity contribution in [2.24, 2.45) is 5.92 Å². The second-order valence-corrected chi connectivity index (χ2v) is 6.07. The number of carbonyl (C=O) groups is 1. The predicted octanol–water partition coefficient (Wildman–Crippen LogP) is 2.75. The highest BCUT2D eigenvalue weighted by Crippen LogP contribution is 2.23. The summed E-state index contributed by atoms with van der Waals surface area (Å²) in [6, 6.07) is 10.2. The first-order valence-electron chi connectivity index (χ1n) is 6.46. The van der Waals surface area contributed by atoms with E-state index in [1.807, 2.05) is 12.1 Å². The van der Waals surface area contributed by atoms with Crippen LogP contribution in [-0.2, 0) is 16.6 Å². The molecule has 0 aromatic heterocycles. The molecule has 0 heterocycles. The second kappa shape index (κ2) is 5.88. The van der Waals surface area contributed by atoms with Gasteiger partial charge in [-0.25, -0.2) is 0 Å². The molecule has 0 aliphatic rings. The van der Waals surface area contributed by atoms with Crippen molar-refractivity contribution >= 4 is 5.91 Å². The molecule has 1 aromatic rings. The highest BCUT2D eigenvalue weighted by atomic mass is 16.2. The molecule has 1 rings (SSSR count). The number of hydrogen-bond acceptors (Lipinski definition) is 2. The van der Waals surface area contributed by atoms with Crippen LogP contribution in [-0.4, -0.2) is 24.9 Å². The molecule has 0 aliphatic heterocycles. The van der Waals surface area contributed by atoms with Gasteiger partial charge in [-0.3, -0.25) is 4.79 Å². The standard InChI is InChI=1S/C16H22N2O/c1-16(2,3)14-8-6-12(7-9-14)10-13(11-17)15(19)18(4)5/h6-9,13H,10H2,1-5H3. The van der Waals surface area contributed by atoms with Gasteiger partial charge in [0.05, 0.1) is 6.07 Å². The zero-order valence-corrected chi connectivity index (χ0v) is 12.4. The van der Waals surface area contributed by atoms with Gasteiger partial charge in [0, 0.05) is 14.1 Å². The molecule has 0 N–H and O–H groups in total. The van der Waals surface area contributed by atoms with Crippen molar-refractivity contribution in [2.75, 3.05) is 14.1 Å². The van der Waals surface area contributed by atoms with Crippen molar-refractivity contribution < 1.29 is 4.79 Å². The normalized spacial score (nSPS) is 12.6. The van der Waals surface area contributed by atoms with Gasteiger partial charge in [-0.1, -0.05) is 45.0 Å². The fourth-order valence-electron chi connectivity index (χ4n) is 1.88. The lowest BCUT2D eigenvalue weighted by Gasteiger charge is -2.19. The van der Waals surface area contributed by atoms with Crippen molar-refractivity contribution in [2.45, 2.75) is 32.6 Å². The minimum absolute atomic E-state index is 0.118. The van der Waals surface area contributed by atoms with Crippen molar-refractivity contribution in [3.05, 3.63) is 35.4 Å². The SMILES string of the molecule is CN(C)C(=O)C(C#N)Cc1ccc(C(C)(C)C)cc1. The number of rotatable bonds is 3. The van der Waals surface area contributed by atoms with E-state index in [4.69, 9.17) is 5.26 Å². The fraction of sp³-hybridized carbons (Fsp3) is 0.500. The van der Waals surface area contributed by atoms with E-state index in [1.165, 1.54) is 10.5 Å². The highest BCUT2D eigenvalue weighted by Gasteiger charge is 2.20. The van der Waals surface area contributed by atoms with E-state index in [0.717, 1.165) is 5.56 Å². The lowest BCUT2D eigenvalue weighted by molar-refractivity contribution is -0.131. The van der Waals surface area contributed by atoms with Crippen LogP contribution in [0, 0.1) is 17.2 Å². The lowest BCUT2D eigenvalue weighted by atomic mass is 9.86. The number of benzene rings is 1. The number of nitriles is 1. The Hall–Kier alpha value is -1.82. The third-order valence-electron chi connectivity index (χ3n) is 3.15. The number of hydrogen-bond donors (Lipinski definition) is 0. The lowest BCUT2D eigenvalue weighted by Crippen LogP contribution is -2.30. The Morgan fingerprint density at radius 3 is 2.16 bits per heavy atom. The van der Waals surface area contributed by atoms with E-state index in [1.54, 1.807) is 14.1 Å². The molecule has 0 bridgehead atoms. The molecule has 19 heavy (non-hydrogen) atoms. The molecule has 1 aromatic carbocycles. The minimum atomic E-state index is -0.601. The number of nitrogens with zero attached hydrogens (tertiary/aromatic N) is 2. The van der Waals surface area contributed by atoms with Crippen LogP contribution in [0.15, 0.2) is 24.3 Å². The molecule has 0 aliphatic carbocycles. The van der Waals surface area contributed by atoms with Crippen LogP contribution in [0.4, 0.5) is 0 Å². The van der Waals surface area contributed by atoms with Crippen LogP contribution in [0.1, 0.15) is 31.9 Å². The minimum Gasteiger partial charge on any atom is -0.348 e. The molecule has 1 unspecified atom stereocenters. The summed E-state index contributed by atoms with van der Waals surface area (Å²) >= 11 is 0. The summed E-state index contributed by atoms with van der Waals surface area (Å²) in [4.78, 5) is 13.3. The van der Waals surface area contributed by atoms with Gasteiger partial charge >= 0.3 is 0 Å². The van der Waals surface area contributed by atoms with E-state index in [9.17, 15) is 4.79 Å². The zero-order valence-electron chi connectivity index (χ0n) is 12.4. The molecule has 0 saturated heterocycles. The van der Waals surface area contributed by atoms with Gasteiger partial charge < -0.3 is 4.90 Å². The van der Waals surface area contributed by atoms with E-state index >= 15 is 0 Å². The Morgan fingerprint density at radius 1 is 1.26 bits per heavy atom. The maximum absolute atomic E-state index is 11.8. The summed E-state index contributed by atoms with van der Waals surface area (Å²) in [6.45, 7) is 6.49. The van der Waals surface area contributed by atoms with Gasteiger partial charge in [-0.2, -0.15) is 5.26 Å². The van der Waals surface area contributed by atoms with Gasteiger partial charge in [0.1, 0.15) is 5.92 Å². The molecule has 1 atom stereocenters. The summed E-state index contributed by atoms with van der Waals surface area (Å²) in [5.74, 6) is -0.738. The fourth-order valence-corrected chi connectivity index (χ4v) is 1.88. The van der Waals surface area contributed by atoms with Crippen LogP contribution < -0.4 is 0 Å². The Kier molecular flexibility index (Phi) is 4.72. The average Bonchev–Trinajstić information content (AvgIpc) is 2.34. The smallest absolute Gasteiger partial charge is 0.239 e. The first kappa shape index (κ1) is 15.2.